The first-order valence-electron chi connectivity index (χ1n) is 10.8. The van der Waals surface area contributed by atoms with Crippen LogP contribution in [0.3, 0.4) is 0 Å². The van der Waals surface area contributed by atoms with Crippen molar-refractivity contribution in [2.24, 2.45) is 0 Å². The van der Waals surface area contributed by atoms with Gasteiger partial charge in [-0.3, -0.25) is 4.98 Å². The molecule has 0 saturated carbocycles. The van der Waals surface area contributed by atoms with E-state index in [9.17, 15) is 4.79 Å². The van der Waals surface area contributed by atoms with Crippen molar-refractivity contribution in [1.82, 2.24) is 9.88 Å². The molecule has 8 heteroatoms. The first kappa shape index (κ1) is 23.6. The fourth-order valence-corrected chi connectivity index (χ4v) is 4.55. The maximum atomic E-state index is 12.8. The van der Waals surface area contributed by atoms with Crippen molar-refractivity contribution in [3.8, 4) is 5.75 Å². The van der Waals surface area contributed by atoms with E-state index in [0.29, 0.717) is 36.8 Å². The molecule has 2 heterocycles. The van der Waals surface area contributed by atoms with Crippen LogP contribution >= 0.6 is 27.5 Å². The Morgan fingerprint density at radius 1 is 1.24 bits per heavy atom. The van der Waals surface area contributed by atoms with Gasteiger partial charge in [0.2, 0.25) is 0 Å². The fourth-order valence-electron chi connectivity index (χ4n) is 3.91. The van der Waals surface area contributed by atoms with Crippen LogP contribution in [0.1, 0.15) is 37.6 Å². The summed E-state index contributed by atoms with van der Waals surface area (Å²) in [4.78, 5) is 19.4. The standard InChI is InChI=1S/C25H27BrClN3O3/c1-25(2,3)33-24(31)30-10-9-21-18(14-30)23(17-12-16(26)6-7-20(17)29-21)28-13-15-5-8-22(32-4)19(27)11-15/h5-8,11-12H,9-10,13-14H2,1-4H3,(H,28,29). The number of amides is 1. The van der Waals surface area contributed by atoms with Gasteiger partial charge < -0.3 is 19.7 Å². The monoisotopic (exact) mass is 531 g/mol. The number of nitrogens with one attached hydrogen (secondary N) is 1. The Labute approximate surface area is 207 Å². The van der Waals surface area contributed by atoms with Crippen LogP contribution in [0.15, 0.2) is 40.9 Å². The third kappa shape index (κ3) is 5.36. The van der Waals surface area contributed by atoms with Gasteiger partial charge in [0.05, 0.1) is 29.9 Å². The number of aromatic nitrogens is 1. The van der Waals surface area contributed by atoms with Crippen LogP contribution in [0.4, 0.5) is 10.5 Å². The Morgan fingerprint density at radius 3 is 2.73 bits per heavy atom. The molecule has 0 aliphatic carbocycles. The highest BCUT2D eigenvalue weighted by Gasteiger charge is 2.28. The van der Waals surface area contributed by atoms with Crippen LogP contribution in [0.25, 0.3) is 10.9 Å². The second kappa shape index (κ2) is 9.39. The Bertz CT molecular complexity index is 1210. The van der Waals surface area contributed by atoms with E-state index in [-0.39, 0.29) is 6.09 Å². The number of fused-ring (bicyclic) bond motifs is 2. The number of hydrogen-bond acceptors (Lipinski definition) is 5. The van der Waals surface area contributed by atoms with Crippen LogP contribution in [0, 0.1) is 0 Å². The van der Waals surface area contributed by atoms with Crippen molar-refractivity contribution in [3.05, 3.63) is 62.7 Å². The van der Waals surface area contributed by atoms with Crippen molar-refractivity contribution in [2.45, 2.75) is 45.9 Å². The van der Waals surface area contributed by atoms with Gasteiger partial charge in [0, 0.05) is 40.6 Å². The van der Waals surface area contributed by atoms with Crippen LogP contribution in [0.2, 0.25) is 5.02 Å². The van der Waals surface area contributed by atoms with Gasteiger partial charge in [-0.1, -0.05) is 33.6 Å². The summed E-state index contributed by atoms with van der Waals surface area (Å²) in [6, 6.07) is 11.8. The third-order valence-corrected chi connectivity index (χ3v) is 6.23. The van der Waals surface area contributed by atoms with E-state index in [0.717, 1.165) is 37.9 Å². The summed E-state index contributed by atoms with van der Waals surface area (Å²) in [5.74, 6) is 0.643. The molecule has 0 spiro atoms. The van der Waals surface area contributed by atoms with Gasteiger partial charge in [0.1, 0.15) is 11.4 Å². The average Bonchev–Trinajstić information content (AvgIpc) is 2.75. The molecule has 3 aromatic rings. The van der Waals surface area contributed by atoms with E-state index in [1.54, 1.807) is 12.0 Å². The molecule has 1 aromatic heterocycles. The summed E-state index contributed by atoms with van der Waals surface area (Å²) in [7, 11) is 1.60. The van der Waals surface area contributed by atoms with Gasteiger partial charge in [0.15, 0.2) is 0 Å². The maximum Gasteiger partial charge on any atom is 0.410 e. The molecule has 0 unspecified atom stereocenters. The lowest BCUT2D eigenvalue weighted by atomic mass is 10.00. The highest BCUT2D eigenvalue weighted by molar-refractivity contribution is 9.10. The molecule has 0 atom stereocenters. The van der Waals surface area contributed by atoms with Crippen LogP contribution in [0.5, 0.6) is 5.75 Å². The molecular weight excluding hydrogens is 506 g/mol. The summed E-state index contributed by atoms with van der Waals surface area (Å²) < 4.78 is 11.8. The molecule has 6 nitrogen and oxygen atoms in total. The van der Waals surface area contributed by atoms with Crippen molar-refractivity contribution in [3.63, 3.8) is 0 Å². The zero-order valence-corrected chi connectivity index (χ0v) is 21.5. The number of carbonyl (C=O) groups is 1. The lowest BCUT2D eigenvalue weighted by Gasteiger charge is -2.32. The third-order valence-electron chi connectivity index (χ3n) is 5.44. The fraction of sp³-hybridized carbons (Fsp3) is 0.360. The Balaban J connectivity index is 1.69. The van der Waals surface area contributed by atoms with E-state index in [4.69, 9.17) is 26.1 Å². The van der Waals surface area contributed by atoms with Crippen LogP contribution in [-0.4, -0.2) is 35.2 Å². The quantitative estimate of drug-likeness (QED) is 0.412. The van der Waals surface area contributed by atoms with E-state index in [1.807, 2.05) is 51.1 Å². The minimum absolute atomic E-state index is 0.310. The molecule has 0 saturated heterocycles. The number of pyridine rings is 1. The van der Waals surface area contributed by atoms with Crippen molar-refractivity contribution >= 4 is 50.2 Å². The smallest absolute Gasteiger partial charge is 0.410 e. The molecule has 1 aliphatic rings. The second-order valence-electron chi connectivity index (χ2n) is 9.05. The Hall–Kier alpha value is -2.51. The minimum atomic E-state index is -0.543. The van der Waals surface area contributed by atoms with Gasteiger partial charge in [0.25, 0.3) is 0 Å². The number of nitrogens with zero attached hydrogens (tertiary/aromatic N) is 2. The second-order valence-corrected chi connectivity index (χ2v) is 10.4. The molecule has 0 fully saturated rings. The van der Waals surface area contributed by atoms with Crippen LogP contribution < -0.4 is 10.1 Å². The molecule has 174 valence electrons. The topological polar surface area (TPSA) is 63.7 Å². The Morgan fingerprint density at radius 2 is 2.03 bits per heavy atom. The van der Waals surface area contributed by atoms with E-state index in [1.165, 1.54) is 0 Å². The van der Waals surface area contributed by atoms with Gasteiger partial charge in [-0.15, -0.1) is 0 Å². The molecule has 2 aromatic carbocycles. The molecule has 1 N–H and O–H groups in total. The number of ether oxygens (including phenoxy) is 2. The normalized spacial score (nSPS) is 13.6. The minimum Gasteiger partial charge on any atom is -0.495 e. The molecule has 33 heavy (non-hydrogen) atoms. The van der Waals surface area contributed by atoms with Crippen molar-refractivity contribution in [2.75, 3.05) is 19.0 Å². The highest BCUT2D eigenvalue weighted by atomic mass is 79.9. The van der Waals surface area contributed by atoms with E-state index < -0.39 is 5.60 Å². The lowest BCUT2D eigenvalue weighted by Crippen LogP contribution is -2.40. The van der Waals surface area contributed by atoms with Crippen molar-refractivity contribution < 1.29 is 14.3 Å². The van der Waals surface area contributed by atoms with Crippen LogP contribution in [-0.2, 0) is 24.2 Å². The summed E-state index contributed by atoms with van der Waals surface area (Å²) in [5.41, 5.74) is 4.37. The number of benzene rings is 2. The summed E-state index contributed by atoms with van der Waals surface area (Å²) in [6.07, 6.45) is 0.360. The molecule has 1 aliphatic heterocycles. The van der Waals surface area contributed by atoms with Gasteiger partial charge >= 0.3 is 6.09 Å². The average molecular weight is 533 g/mol. The molecule has 4 rings (SSSR count). The molecular formula is C25H27BrClN3O3. The molecule has 0 radical (unpaired) electrons. The number of halogens is 2. The lowest BCUT2D eigenvalue weighted by molar-refractivity contribution is 0.0223. The largest absolute Gasteiger partial charge is 0.495 e. The summed E-state index contributed by atoms with van der Waals surface area (Å²) in [6.45, 7) is 7.21. The summed E-state index contributed by atoms with van der Waals surface area (Å²) >= 11 is 9.90. The predicted octanol–water partition coefficient (Wildman–Crippen LogP) is 6.56. The zero-order chi connectivity index (χ0) is 23.8. The molecule has 0 bridgehead atoms. The number of hydrogen-bond donors (Lipinski definition) is 1. The highest BCUT2D eigenvalue weighted by Crippen LogP contribution is 2.35. The maximum absolute atomic E-state index is 12.8. The van der Waals surface area contributed by atoms with Gasteiger partial charge in [-0.25, -0.2) is 4.79 Å². The van der Waals surface area contributed by atoms with E-state index >= 15 is 0 Å². The first-order valence-corrected chi connectivity index (χ1v) is 12.0. The predicted molar refractivity (Wildman–Crippen MR) is 135 cm³/mol. The number of anilines is 1. The van der Waals surface area contributed by atoms with E-state index in [2.05, 4.69) is 27.3 Å². The summed E-state index contributed by atoms with van der Waals surface area (Å²) in [5, 5.41) is 5.15. The molecule has 1 amide bonds. The van der Waals surface area contributed by atoms with Crippen molar-refractivity contribution in [1.29, 1.82) is 0 Å². The van der Waals surface area contributed by atoms with Gasteiger partial charge in [-0.2, -0.15) is 0 Å². The Kier molecular flexibility index (Phi) is 6.73. The van der Waals surface area contributed by atoms with Gasteiger partial charge in [-0.05, 0) is 56.7 Å². The number of rotatable bonds is 4. The number of methoxy groups -OCH3 is 1. The number of carbonyl (C=O) groups excluding carboxylic acids is 1. The first-order chi connectivity index (χ1) is 15.6. The zero-order valence-electron chi connectivity index (χ0n) is 19.2. The SMILES string of the molecule is COc1ccc(CNc2c3c(nc4ccc(Br)cc24)CCN(C(=O)OC(C)(C)C)C3)cc1Cl.